The minimum atomic E-state index is -0.481. The Hall–Kier alpha value is -3.63. The lowest BCUT2D eigenvalue weighted by Crippen LogP contribution is -2.45. The molecule has 2 aromatic carbocycles. The largest absolute Gasteiger partial charge is 0.444 e. The lowest BCUT2D eigenvalue weighted by molar-refractivity contribution is 0.0478. The number of rotatable bonds is 5. The second-order valence-electron chi connectivity index (χ2n) is 13.9. The van der Waals surface area contributed by atoms with Crippen LogP contribution in [0, 0.1) is 0 Å². The predicted octanol–water partition coefficient (Wildman–Crippen LogP) is 7.10. The molecule has 0 saturated heterocycles. The van der Waals surface area contributed by atoms with Crippen LogP contribution in [0.4, 0.5) is 9.59 Å². The molecule has 2 aromatic rings. The summed E-state index contributed by atoms with van der Waals surface area (Å²) in [5.41, 5.74) is 6.11. The van der Waals surface area contributed by atoms with Crippen LogP contribution in [0.3, 0.4) is 0 Å². The molecular formula is C36H53ClN4O6. The van der Waals surface area contributed by atoms with Crippen molar-refractivity contribution < 1.29 is 28.7 Å². The summed E-state index contributed by atoms with van der Waals surface area (Å²) in [5.74, 6) is -0.0332. The average Bonchev–Trinajstić information content (AvgIpc) is 2.99. The van der Waals surface area contributed by atoms with Crippen LogP contribution in [0.2, 0.25) is 0 Å². The number of carbonyl (C=O) groups excluding carboxylic acids is 4. The molecule has 10 nitrogen and oxygen atoms in total. The molecule has 0 atom stereocenters. The molecule has 2 aliphatic rings. The van der Waals surface area contributed by atoms with Crippen LogP contribution in [0.1, 0.15) is 114 Å². The fourth-order valence-electron chi connectivity index (χ4n) is 5.02. The normalized spacial score (nSPS) is 20.9. The lowest BCUT2D eigenvalue weighted by atomic mass is 9.91. The van der Waals surface area contributed by atoms with E-state index in [0.29, 0.717) is 17.2 Å². The number of carbonyl (C=O) groups is 4. The summed E-state index contributed by atoms with van der Waals surface area (Å²) in [7, 11) is 0. The SMILES string of the molecule is CC(C)(C)OC(=O)NC1CCC(N)CC1.CC(C)(C)OC(=O)NC1CCC(NC(=O)c2ccccc2)CC1.O=C(Cl)c1ccccc1. The Kier molecular flexibility index (Phi) is 16.2. The van der Waals surface area contributed by atoms with E-state index in [0.717, 1.165) is 51.4 Å². The third-order valence-electron chi connectivity index (χ3n) is 7.31. The molecule has 0 heterocycles. The van der Waals surface area contributed by atoms with Crippen LogP contribution >= 0.6 is 11.6 Å². The number of hydrogen-bond donors (Lipinski definition) is 4. The number of ether oxygens (including phenoxy) is 2. The maximum Gasteiger partial charge on any atom is 0.407 e. The first-order valence-corrected chi connectivity index (χ1v) is 16.7. The molecule has 11 heteroatoms. The molecule has 2 saturated carbocycles. The number of halogens is 1. The molecule has 260 valence electrons. The molecule has 0 bridgehead atoms. The summed E-state index contributed by atoms with van der Waals surface area (Å²) in [6, 6.07) is 18.8. The van der Waals surface area contributed by atoms with E-state index >= 15 is 0 Å². The van der Waals surface area contributed by atoms with E-state index in [1.165, 1.54) is 0 Å². The average molecular weight is 673 g/mol. The van der Waals surface area contributed by atoms with Crippen molar-refractivity contribution in [3.05, 3.63) is 71.8 Å². The molecule has 2 aliphatic carbocycles. The molecule has 0 aromatic heterocycles. The van der Waals surface area contributed by atoms with Crippen molar-refractivity contribution in [3.8, 4) is 0 Å². The summed E-state index contributed by atoms with van der Waals surface area (Å²) >= 11 is 5.16. The molecule has 4 rings (SSSR count). The van der Waals surface area contributed by atoms with Gasteiger partial charge in [-0.15, -0.1) is 0 Å². The van der Waals surface area contributed by atoms with Crippen LogP contribution in [-0.4, -0.2) is 58.7 Å². The Morgan fingerprint density at radius 2 is 0.936 bits per heavy atom. The van der Waals surface area contributed by atoms with Crippen LogP contribution in [0.15, 0.2) is 60.7 Å². The molecular weight excluding hydrogens is 620 g/mol. The molecule has 0 aliphatic heterocycles. The number of alkyl carbamates (subject to hydrolysis) is 2. The minimum absolute atomic E-state index is 0.0332. The predicted molar refractivity (Wildman–Crippen MR) is 186 cm³/mol. The highest BCUT2D eigenvalue weighted by molar-refractivity contribution is 6.67. The standard InChI is InChI=1S/C18H26N2O3.C11H22N2O2.C7H5ClO/c1-18(2,3)23-17(22)20-15-11-9-14(10-12-15)19-16(21)13-7-5-4-6-8-13;1-11(2,3)15-10(14)13-9-6-4-8(12)5-7-9;8-7(9)6-4-2-1-3-5-6/h4-8,14-15H,9-12H2,1-3H3,(H,19,21)(H,20,22);8-9H,4-7,12H2,1-3H3,(H,13,14);1-5H. The molecule has 5 N–H and O–H groups in total. The Balaban J connectivity index is 0.000000273. The number of benzene rings is 2. The van der Waals surface area contributed by atoms with Crippen molar-refractivity contribution in [2.24, 2.45) is 5.73 Å². The van der Waals surface area contributed by atoms with Crippen molar-refractivity contribution in [1.29, 1.82) is 0 Å². The van der Waals surface area contributed by atoms with Crippen LogP contribution in [0.25, 0.3) is 0 Å². The van der Waals surface area contributed by atoms with Crippen LogP contribution in [-0.2, 0) is 9.47 Å². The van der Waals surface area contributed by atoms with Gasteiger partial charge in [0.05, 0.1) is 0 Å². The highest BCUT2D eigenvalue weighted by Crippen LogP contribution is 2.20. The van der Waals surface area contributed by atoms with Crippen molar-refractivity contribution in [1.82, 2.24) is 16.0 Å². The number of hydrogen-bond acceptors (Lipinski definition) is 7. The van der Waals surface area contributed by atoms with Crippen LogP contribution in [0.5, 0.6) is 0 Å². The van der Waals surface area contributed by atoms with Gasteiger partial charge in [0, 0.05) is 35.3 Å². The fraction of sp³-hybridized carbons (Fsp3) is 0.556. The van der Waals surface area contributed by atoms with Gasteiger partial charge in [-0.05, 0) is 117 Å². The third-order valence-corrected chi connectivity index (χ3v) is 7.53. The number of nitrogens with two attached hydrogens (primary N) is 1. The Labute approximate surface area is 284 Å². The quantitative estimate of drug-likeness (QED) is 0.248. The van der Waals surface area contributed by atoms with Gasteiger partial charge in [0.15, 0.2) is 0 Å². The van der Waals surface area contributed by atoms with E-state index in [4.69, 9.17) is 26.8 Å². The summed E-state index contributed by atoms with van der Waals surface area (Å²) in [6.45, 7) is 11.1. The zero-order valence-corrected chi connectivity index (χ0v) is 29.4. The first kappa shape index (κ1) is 39.5. The van der Waals surface area contributed by atoms with Gasteiger partial charge in [0.2, 0.25) is 0 Å². The highest BCUT2D eigenvalue weighted by Gasteiger charge is 2.26. The molecule has 47 heavy (non-hydrogen) atoms. The van der Waals surface area contributed by atoms with Crippen molar-refractivity contribution in [2.45, 2.75) is 128 Å². The summed E-state index contributed by atoms with van der Waals surface area (Å²) < 4.78 is 10.5. The number of amides is 3. The maximum atomic E-state index is 12.1. The topological polar surface area (TPSA) is 149 Å². The van der Waals surface area contributed by atoms with Gasteiger partial charge >= 0.3 is 12.2 Å². The maximum absolute atomic E-state index is 12.1. The molecule has 3 amide bonds. The van der Waals surface area contributed by atoms with E-state index in [2.05, 4.69) is 16.0 Å². The van der Waals surface area contributed by atoms with Gasteiger partial charge in [-0.3, -0.25) is 9.59 Å². The zero-order valence-electron chi connectivity index (χ0n) is 28.6. The Morgan fingerprint density at radius 1 is 0.596 bits per heavy atom. The fourth-order valence-corrected chi connectivity index (χ4v) is 5.15. The first-order valence-electron chi connectivity index (χ1n) is 16.4. The summed E-state index contributed by atoms with van der Waals surface area (Å²) in [4.78, 5) is 45.8. The van der Waals surface area contributed by atoms with E-state index in [9.17, 15) is 19.2 Å². The molecule has 0 unspecified atom stereocenters. The molecule has 2 fully saturated rings. The van der Waals surface area contributed by atoms with E-state index in [1.54, 1.807) is 24.3 Å². The first-order chi connectivity index (χ1) is 22.0. The van der Waals surface area contributed by atoms with Gasteiger partial charge < -0.3 is 31.2 Å². The Morgan fingerprint density at radius 3 is 1.28 bits per heavy atom. The zero-order chi connectivity index (χ0) is 35.0. The van der Waals surface area contributed by atoms with Crippen molar-refractivity contribution in [3.63, 3.8) is 0 Å². The van der Waals surface area contributed by atoms with Gasteiger partial charge in [0.1, 0.15) is 11.2 Å². The number of nitrogens with one attached hydrogen (secondary N) is 3. The molecule has 0 radical (unpaired) electrons. The van der Waals surface area contributed by atoms with Crippen molar-refractivity contribution in [2.75, 3.05) is 0 Å². The monoisotopic (exact) mass is 672 g/mol. The third kappa shape index (κ3) is 17.8. The van der Waals surface area contributed by atoms with Crippen LogP contribution < -0.4 is 21.7 Å². The van der Waals surface area contributed by atoms with E-state index < -0.39 is 16.4 Å². The Bertz CT molecular complexity index is 1250. The second kappa shape index (κ2) is 19.3. The van der Waals surface area contributed by atoms with E-state index in [-0.39, 0.29) is 36.2 Å². The second-order valence-corrected chi connectivity index (χ2v) is 14.3. The summed E-state index contributed by atoms with van der Waals surface area (Å²) in [5, 5.41) is 8.44. The van der Waals surface area contributed by atoms with E-state index in [1.807, 2.05) is 77.9 Å². The minimum Gasteiger partial charge on any atom is -0.444 e. The smallest absolute Gasteiger partial charge is 0.407 e. The van der Waals surface area contributed by atoms with Gasteiger partial charge in [-0.25, -0.2) is 9.59 Å². The van der Waals surface area contributed by atoms with Gasteiger partial charge in [0.25, 0.3) is 11.1 Å². The van der Waals surface area contributed by atoms with Crippen molar-refractivity contribution >= 4 is 34.9 Å². The summed E-state index contributed by atoms with van der Waals surface area (Å²) in [6.07, 6.45) is 6.62. The van der Waals surface area contributed by atoms with Gasteiger partial charge in [-0.2, -0.15) is 0 Å². The molecule has 0 spiro atoms. The van der Waals surface area contributed by atoms with Gasteiger partial charge in [-0.1, -0.05) is 48.5 Å². The lowest BCUT2D eigenvalue weighted by Gasteiger charge is -2.30. The highest BCUT2D eigenvalue weighted by atomic mass is 35.5.